The first-order valence-electron chi connectivity index (χ1n) is 10.7. The highest BCUT2D eigenvalue weighted by atomic mass is 32.2. The minimum Gasteiger partial charge on any atom is -0.378 e. The second-order valence-corrected chi connectivity index (χ2v) is 9.71. The molecule has 2 aliphatic heterocycles. The summed E-state index contributed by atoms with van der Waals surface area (Å²) < 4.78 is 67.6. The number of ether oxygens (including phenoxy) is 1. The number of carbonyl (C=O) groups excluding carboxylic acids is 1. The van der Waals surface area contributed by atoms with Crippen LogP contribution in [0.25, 0.3) is 0 Å². The van der Waals surface area contributed by atoms with E-state index in [4.69, 9.17) is 9.88 Å². The zero-order valence-corrected chi connectivity index (χ0v) is 19.1. The molecule has 0 atom stereocenters. The fourth-order valence-electron chi connectivity index (χ4n) is 4.14. The van der Waals surface area contributed by atoms with Crippen LogP contribution in [0.1, 0.15) is 15.9 Å². The number of morpholine rings is 1. The number of primary sulfonamides is 1. The van der Waals surface area contributed by atoms with Gasteiger partial charge in [0.2, 0.25) is 10.0 Å². The molecule has 2 aromatic carbocycles. The summed E-state index contributed by atoms with van der Waals surface area (Å²) >= 11 is 0. The van der Waals surface area contributed by atoms with Crippen molar-refractivity contribution in [1.29, 1.82) is 0 Å². The quantitative estimate of drug-likeness (QED) is 0.694. The summed E-state index contributed by atoms with van der Waals surface area (Å²) in [6, 6.07) is 9.22. The molecule has 0 aliphatic carbocycles. The summed E-state index contributed by atoms with van der Waals surface area (Å²) in [6.45, 7) is 3.65. The van der Waals surface area contributed by atoms with E-state index in [0.717, 1.165) is 12.1 Å². The first kappa shape index (κ1) is 24.3. The fourth-order valence-corrected chi connectivity index (χ4v) is 4.68. The van der Waals surface area contributed by atoms with Crippen molar-refractivity contribution >= 4 is 27.3 Å². The van der Waals surface area contributed by atoms with Gasteiger partial charge in [-0.3, -0.25) is 4.79 Å². The molecule has 2 aromatic rings. The van der Waals surface area contributed by atoms with Crippen LogP contribution in [0.5, 0.6) is 0 Å². The van der Waals surface area contributed by atoms with Crippen molar-refractivity contribution in [2.75, 3.05) is 62.3 Å². The molecule has 0 aromatic heterocycles. The number of hydrogen-bond acceptors (Lipinski definition) is 6. The Labute approximate surface area is 195 Å². The van der Waals surface area contributed by atoms with Gasteiger partial charge in [-0.2, -0.15) is 13.2 Å². The Morgan fingerprint density at radius 1 is 0.882 bits per heavy atom. The smallest absolute Gasteiger partial charge is 0.378 e. The third-order valence-electron chi connectivity index (χ3n) is 6.01. The molecule has 4 rings (SSSR count). The average Bonchev–Trinajstić information content (AvgIpc) is 2.83. The maximum atomic E-state index is 13.4. The minimum atomic E-state index is -4.40. The van der Waals surface area contributed by atoms with Crippen LogP contribution in [0, 0.1) is 0 Å². The summed E-state index contributed by atoms with van der Waals surface area (Å²) in [5, 5.41) is 5.29. The second kappa shape index (κ2) is 9.43. The van der Waals surface area contributed by atoms with Gasteiger partial charge in [0.1, 0.15) is 0 Å². The van der Waals surface area contributed by atoms with Gasteiger partial charge in [0, 0.05) is 50.6 Å². The van der Waals surface area contributed by atoms with Gasteiger partial charge >= 0.3 is 6.18 Å². The van der Waals surface area contributed by atoms with Crippen LogP contribution in [0.15, 0.2) is 47.4 Å². The van der Waals surface area contributed by atoms with Gasteiger partial charge in [-0.15, -0.1) is 0 Å². The maximum absolute atomic E-state index is 13.4. The molecular weight excluding hydrogens is 473 g/mol. The molecule has 34 heavy (non-hydrogen) atoms. The number of nitrogens with zero attached hydrogens (tertiary/aromatic N) is 3. The lowest BCUT2D eigenvalue weighted by Gasteiger charge is -2.37. The standard InChI is InChI=1S/C22H25F3N4O4S/c23-22(24,25)16-1-3-17(4-2-16)27-7-9-29(10-8-27)21(30)19-15-18(34(26,31)32)5-6-20(19)28-11-13-33-14-12-28/h1-6,15H,7-14H2,(H2,26,31,32). The largest absolute Gasteiger partial charge is 0.416 e. The highest BCUT2D eigenvalue weighted by Crippen LogP contribution is 2.31. The lowest BCUT2D eigenvalue weighted by Crippen LogP contribution is -2.49. The molecule has 0 bridgehead atoms. The number of anilines is 2. The van der Waals surface area contributed by atoms with Crippen molar-refractivity contribution < 1.29 is 31.1 Å². The van der Waals surface area contributed by atoms with Crippen LogP contribution in [0.2, 0.25) is 0 Å². The Kier molecular flexibility index (Phi) is 6.74. The van der Waals surface area contributed by atoms with E-state index in [2.05, 4.69) is 0 Å². The van der Waals surface area contributed by atoms with Crippen molar-refractivity contribution in [3.05, 3.63) is 53.6 Å². The highest BCUT2D eigenvalue weighted by Gasteiger charge is 2.31. The minimum absolute atomic E-state index is 0.142. The van der Waals surface area contributed by atoms with E-state index >= 15 is 0 Å². The molecule has 0 radical (unpaired) electrons. The van der Waals surface area contributed by atoms with Crippen molar-refractivity contribution in [3.8, 4) is 0 Å². The van der Waals surface area contributed by atoms with Gasteiger partial charge in [0.25, 0.3) is 5.91 Å². The summed E-state index contributed by atoms with van der Waals surface area (Å²) in [4.78, 5) is 18.8. The van der Waals surface area contributed by atoms with Crippen LogP contribution in [0.3, 0.4) is 0 Å². The molecule has 2 heterocycles. The molecule has 8 nitrogen and oxygen atoms in total. The molecule has 0 unspecified atom stereocenters. The molecule has 0 spiro atoms. The molecule has 12 heteroatoms. The second-order valence-electron chi connectivity index (χ2n) is 8.15. The van der Waals surface area contributed by atoms with Crippen LogP contribution >= 0.6 is 0 Å². The van der Waals surface area contributed by atoms with E-state index in [1.54, 1.807) is 11.0 Å². The van der Waals surface area contributed by atoms with E-state index < -0.39 is 21.8 Å². The molecule has 2 N–H and O–H groups in total. The SMILES string of the molecule is NS(=O)(=O)c1ccc(N2CCOCC2)c(C(=O)N2CCN(c3ccc(C(F)(F)F)cc3)CC2)c1. The first-order valence-corrected chi connectivity index (χ1v) is 12.3. The van der Waals surface area contributed by atoms with Gasteiger partial charge in [-0.25, -0.2) is 13.6 Å². The average molecular weight is 499 g/mol. The maximum Gasteiger partial charge on any atom is 0.416 e. The number of rotatable bonds is 4. The van der Waals surface area contributed by atoms with Gasteiger partial charge in [0.15, 0.2) is 0 Å². The molecule has 2 saturated heterocycles. The van der Waals surface area contributed by atoms with E-state index in [1.165, 1.54) is 24.3 Å². The molecule has 184 valence electrons. The van der Waals surface area contributed by atoms with E-state index in [-0.39, 0.29) is 16.4 Å². The Bertz CT molecular complexity index is 1140. The number of benzene rings is 2. The Hall–Kier alpha value is -2.83. The van der Waals surface area contributed by atoms with Gasteiger partial charge in [-0.05, 0) is 42.5 Å². The van der Waals surface area contributed by atoms with Crippen LogP contribution < -0.4 is 14.9 Å². The Morgan fingerprint density at radius 3 is 2.06 bits per heavy atom. The van der Waals surface area contributed by atoms with Gasteiger partial charge in [-0.1, -0.05) is 0 Å². The number of carbonyl (C=O) groups is 1. The first-order chi connectivity index (χ1) is 16.0. The number of hydrogen-bond donors (Lipinski definition) is 1. The predicted molar refractivity (Wildman–Crippen MR) is 120 cm³/mol. The monoisotopic (exact) mass is 498 g/mol. The molecule has 0 saturated carbocycles. The van der Waals surface area contributed by atoms with E-state index in [9.17, 15) is 26.4 Å². The number of amides is 1. The van der Waals surface area contributed by atoms with Gasteiger partial charge in [0.05, 0.1) is 29.2 Å². The number of alkyl halides is 3. The zero-order chi connectivity index (χ0) is 24.5. The van der Waals surface area contributed by atoms with Crippen molar-refractivity contribution in [2.45, 2.75) is 11.1 Å². The topological polar surface area (TPSA) is 96.2 Å². The molecule has 2 aliphatic rings. The number of piperazine rings is 1. The van der Waals surface area contributed by atoms with Crippen molar-refractivity contribution in [2.24, 2.45) is 5.14 Å². The number of halogens is 3. The summed E-state index contributed by atoms with van der Waals surface area (Å²) in [7, 11) is -4.00. The van der Waals surface area contributed by atoms with E-state index in [1.807, 2.05) is 9.80 Å². The third-order valence-corrected chi connectivity index (χ3v) is 6.92. The van der Waals surface area contributed by atoms with Crippen LogP contribution in [0.4, 0.5) is 24.5 Å². The predicted octanol–water partition coefficient (Wildman–Crippen LogP) is 2.15. The number of nitrogens with two attached hydrogens (primary N) is 1. The Morgan fingerprint density at radius 2 is 1.50 bits per heavy atom. The molecule has 1 amide bonds. The summed E-state index contributed by atoms with van der Waals surface area (Å²) in [5.74, 6) is -0.320. The fraction of sp³-hybridized carbons (Fsp3) is 0.409. The van der Waals surface area contributed by atoms with Crippen molar-refractivity contribution in [1.82, 2.24) is 4.90 Å². The lowest BCUT2D eigenvalue weighted by atomic mass is 10.1. The third kappa shape index (κ3) is 5.29. The summed E-state index contributed by atoms with van der Waals surface area (Å²) in [5.41, 5.74) is 0.794. The Balaban J connectivity index is 1.52. The van der Waals surface area contributed by atoms with E-state index in [0.29, 0.717) is 63.9 Å². The van der Waals surface area contributed by atoms with Crippen LogP contribution in [-0.2, 0) is 20.9 Å². The van der Waals surface area contributed by atoms with Crippen molar-refractivity contribution in [3.63, 3.8) is 0 Å². The zero-order valence-electron chi connectivity index (χ0n) is 18.3. The summed E-state index contributed by atoms with van der Waals surface area (Å²) in [6.07, 6.45) is -4.40. The molecular formula is C22H25F3N4O4S. The van der Waals surface area contributed by atoms with Gasteiger partial charge < -0.3 is 19.4 Å². The van der Waals surface area contributed by atoms with Crippen LogP contribution in [-0.4, -0.2) is 71.7 Å². The number of sulfonamides is 1. The molecule has 2 fully saturated rings. The normalized spacial score (nSPS) is 17.7. The highest BCUT2D eigenvalue weighted by molar-refractivity contribution is 7.89. The lowest BCUT2D eigenvalue weighted by molar-refractivity contribution is -0.137.